The summed E-state index contributed by atoms with van der Waals surface area (Å²) in [6.45, 7) is 17.3. The maximum absolute atomic E-state index is 14.7. The van der Waals surface area contributed by atoms with Gasteiger partial charge in [0.1, 0.15) is 102 Å². The number of hydrogen-bond donors (Lipinski definition) is 3. The zero-order valence-corrected chi connectivity index (χ0v) is 57.7. The number of aliphatic hydroxyl groups is 1. The van der Waals surface area contributed by atoms with Crippen LogP contribution in [-0.2, 0) is 33.6 Å². The minimum atomic E-state index is -1.07. The molecule has 2 saturated heterocycles. The minimum absolute atomic E-state index is 0.0229. The summed E-state index contributed by atoms with van der Waals surface area (Å²) in [5, 5.41) is 15.7. The van der Waals surface area contributed by atoms with Gasteiger partial charge in [-0.15, -0.1) is 0 Å². The molecule has 19 nitrogen and oxygen atoms in total. The summed E-state index contributed by atoms with van der Waals surface area (Å²) in [5.74, 6) is 0.241. The van der Waals surface area contributed by atoms with Crippen molar-refractivity contribution < 1.29 is 54.4 Å². The fraction of sp³-hybridized carbons (Fsp3) is 0.274. The molecule has 4 aliphatic rings. The molecule has 26 heteroatoms. The number of oxazole rings is 1. The van der Waals surface area contributed by atoms with Gasteiger partial charge in [-0.3, -0.25) is 19.6 Å². The number of aliphatic hydroxyl groups excluding tert-OH is 1. The fourth-order valence-corrected chi connectivity index (χ4v) is 12.2. The standard InChI is InChI=1S/C18H14F2O2.C17H12F2O3.C17H18FN5O.C14H18BNO3.C7H7IN4/c1-2-5-14-16(11-6-3-7-12(19)10-11)18(21)17-13(20)8-4-9-15(17)22-14;1-9(20)17-14(10-5-7-11(18)8-6-10)16(21)15-12(19)3-2-4-13(15)22-17;1-19-17-15-13(21-10-22-17)9-20-16(15)11-2-3-14(12(18)8-11)23-4-6-24-7-5-23;1-9-16-11-7-6-10(8-12(11)17-9)15-18-13(2,3)14(4,5)19-15;1-9-7-5-4(11-3-12-7)2-10-6(5)8/h3-4,6-10H,2,5H2,1H3;2-9,20H,1H3;2-3,8,10H,4-7,9H2,1H3,(H,19,21,22);6-8H,1-5H3;3H,2H2,1H3,(H,9,11,12). The van der Waals surface area contributed by atoms with E-state index in [0.717, 1.165) is 72.4 Å². The summed E-state index contributed by atoms with van der Waals surface area (Å²) in [6.07, 6.45) is 3.29. The molecule has 0 amide bonds. The number of nitrogens with zero attached hydrogens (tertiary/aromatic N) is 8. The molecule has 1 atom stereocenters. The number of hydrogen-bond acceptors (Lipinski definition) is 19. The largest absolute Gasteiger partial charge is 0.494 e. The van der Waals surface area contributed by atoms with E-state index in [4.69, 9.17) is 27.3 Å². The van der Waals surface area contributed by atoms with Crippen LogP contribution >= 0.6 is 22.6 Å². The van der Waals surface area contributed by atoms with Crippen LogP contribution in [0.25, 0.3) is 55.3 Å². The van der Waals surface area contributed by atoms with Crippen molar-refractivity contribution in [2.75, 3.05) is 55.9 Å². The number of benzene rings is 6. The molecule has 2 fully saturated rings. The first-order valence-corrected chi connectivity index (χ1v) is 32.9. The molecule has 0 radical (unpaired) electrons. The normalized spacial score (nSPS) is 15.1. The van der Waals surface area contributed by atoms with Crippen molar-refractivity contribution in [3.8, 4) is 22.3 Å². The monoisotopic (exact) mass is 1460 g/mol. The molecule has 11 aromatic rings. The quantitative estimate of drug-likeness (QED) is 0.0655. The molecule has 0 aliphatic carbocycles. The van der Waals surface area contributed by atoms with Gasteiger partial charge in [-0.25, -0.2) is 46.9 Å². The number of halogens is 6. The SMILES string of the molecule is CC(O)c1oc2cccc(F)c2c(=O)c1-c1ccc(F)cc1.CCCc1oc2cccc(F)c2c(=O)c1-c1cccc(F)c1.CNc1ncnc2c1C(I)=NC2.CNc1ncnc2c1C(c1ccc(N3CCOCC3)c(F)c1)=NC2.Cc1nc2ccc(B3OC(C)(C)C(C)(C)O3)cc2o1. The maximum Gasteiger partial charge on any atom is 0.494 e. The highest BCUT2D eigenvalue weighted by molar-refractivity contribution is 14.1. The van der Waals surface area contributed by atoms with Crippen molar-refractivity contribution in [2.24, 2.45) is 9.98 Å². The highest BCUT2D eigenvalue weighted by Gasteiger charge is 2.52. The molecule has 1 unspecified atom stereocenters. The Hall–Kier alpha value is -9.61. The van der Waals surface area contributed by atoms with E-state index >= 15 is 0 Å². The van der Waals surface area contributed by atoms with Crippen LogP contribution < -0.4 is 31.9 Å². The van der Waals surface area contributed by atoms with Crippen molar-refractivity contribution >= 4 is 95.0 Å². The number of aromatic nitrogens is 5. The van der Waals surface area contributed by atoms with Gasteiger partial charge >= 0.3 is 7.12 Å². The molecular formula is C73H69BF5IN10O9. The number of anilines is 3. The highest BCUT2D eigenvalue weighted by Crippen LogP contribution is 2.38. The second-order valence-electron chi connectivity index (χ2n) is 24.2. The first kappa shape index (κ1) is 70.7. The molecule has 510 valence electrons. The molecule has 0 bridgehead atoms. The van der Waals surface area contributed by atoms with Crippen LogP contribution in [0.4, 0.5) is 39.3 Å². The molecule has 15 rings (SSSR count). The Morgan fingerprint density at radius 3 is 1.84 bits per heavy atom. The molecule has 3 N–H and O–H groups in total. The van der Waals surface area contributed by atoms with Crippen LogP contribution in [0, 0.1) is 36.0 Å². The lowest BCUT2D eigenvalue weighted by Gasteiger charge is -2.32. The van der Waals surface area contributed by atoms with Gasteiger partial charge in [0.25, 0.3) is 0 Å². The molecule has 99 heavy (non-hydrogen) atoms. The first-order chi connectivity index (χ1) is 47.5. The van der Waals surface area contributed by atoms with Gasteiger partial charge in [0.15, 0.2) is 11.5 Å². The lowest BCUT2D eigenvalue weighted by atomic mass is 9.79. The van der Waals surface area contributed by atoms with E-state index in [9.17, 15) is 36.6 Å². The van der Waals surface area contributed by atoms with Gasteiger partial charge in [-0.1, -0.05) is 55.5 Å². The molecule has 4 aliphatic heterocycles. The fourth-order valence-electron chi connectivity index (χ4n) is 11.5. The van der Waals surface area contributed by atoms with Crippen LogP contribution in [0.15, 0.2) is 167 Å². The number of nitrogens with one attached hydrogen (secondary N) is 2. The Kier molecular flexibility index (Phi) is 21.6. The van der Waals surface area contributed by atoms with E-state index in [1.165, 1.54) is 80.0 Å². The maximum atomic E-state index is 14.7. The van der Waals surface area contributed by atoms with E-state index in [2.05, 4.69) is 68.1 Å². The second-order valence-corrected chi connectivity index (χ2v) is 25.3. The Morgan fingerprint density at radius 2 is 1.22 bits per heavy atom. The molecule has 6 aromatic carbocycles. The van der Waals surface area contributed by atoms with Gasteiger partial charge in [0, 0.05) is 46.1 Å². The minimum Gasteiger partial charge on any atom is -0.460 e. The summed E-state index contributed by atoms with van der Waals surface area (Å²) in [5.41, 5.74) is 8.06. The van der Waals surface area contributed by atoms with Crippen LogP contribution in [0.3, 0.4) is 0 Å². The van der Waals surface area contributed by atoms with Crippen LogP contribution in [0.1, 0.15) is 99.6 Å². The Morgan fingerprint density at radius 1 is 0.626 bits per heavy atom. The smallest absolute Gasteiger partial charge is 0.460 e. The third-order valence-corrected chi connectivity index (χ3v) is 18.0. The Bertz CT molecular complexity index is 4990. The second kappa shape index (κ2) is 30.3. The van der Waals surface area contributed by atoms with Gasteiger partial charge in [-0.2, -0.15) is 0 Å². The van der Waals surface area contributed by atoms with Gasteiger partial charge in [0.05, 0.1) is 82.5 Å². The third-order valence-electron chi connectivity index (χ3n) is 17.1. The number of fused-ring (bicyclic) bond motifs is 5. The number of morpholine rings is 1. The van der Waals surface area contributed by atoms with E-state index in [0.29, 0.717) is 80.1 Å². The number of rotatable bonds is 10. The van der Waals surface area contributed by atoms with E-state index < -0.39 is 40.2 Å². The molecule has 0 spiro atoms. The van der Waals surface area contributed by atoms with Crippen molar-refractivity contribution in [3.63, 3.8) is 0 Å². The summed E-state index contributed by atoms with van der Waals surface area (Å²) in [7, 11) is 3.30. The number of ether oxygens (including phenoxy) is 1. The molecule has 9 heterocycles. The van der Waals surface area contributed by atoms with Crippen molar-refractivity contribution in [2.45, 2.75) is 91.7 Å². The molecule has 0 saturated carbocycles. The van der Waals surface area contributed by atoms with Crippen molar-refractivity contribution in [1.29, 1.82) is 0 Å². The van der Waals surface area contributed by atoms with E-state index in [1.807, 2.05) is 83.8 Å². The van der Waals surface area contributed by atoms with E-state index in [-0.39, 0.29) is 63.0 Å². The number of aliphatic imine (C=N–C) groups is 2. The van der Waals surface area contributed by atoms with Crippen molar-refractivity contribution in [3.05, 3.63) is 229 Å². The first-order valence-electron chi connectivity index (χ1n) is 31.8. The predicted molar refractivity (Wildman–Crippen MR) is 381 cm³/mol. The zero-order valence-electron chi connectivity index (χ0n) is 55.6. The topological polar surface area (TPSA) is 238 Å². The Labute approximate surface area is 579 Å². The van der Waals surface area contributed by atoms with Crippen molar-refractivity contribution in [1.82, 2.24) is 24.9 Å². The summed E-state index contributed by atoms with van der Waals surface area (Å²) in [6, 6.07) is 30.3. The van der Waals surface area contributed by atoms with Gasteiger partial charge < -0.3 is 47.9 Å². The number of aryl methyl sites for hydroxylation is 2. The average Bonchev–Trinajstić information content (AvgIpc) is 1.50. The van der Waals surface area contributed by atoms with Crippen LogP contribution in [-0.4, -0.2) is 98.2 Å². The molecule has 5 aromatic heterocycles. The lowest BCUT2D eigenvalue weighted by molar-refractivity contribution is 0.00578. The highest BCUT2D eigenvalue weighted by atomic mass is 127. The van der Waals surface area contributed by atoms with Crippen LogP contribution in [0.5, 0.6) is 0 Å². The van der Waals surface area contributed by atoms with E-state index in [1.54, 1.807) is 31.6 Å². The Balaban J connectivity index is 0.000000127. The third kappa shape index (κ3) is 15.2. The summed E-state index contributed by atoms with van der Waals surface area (Å²) < 4.78 is 104. The lowest BCUT2D eigenvalue weighted by Crippen LogP contribution is -2.41. The zero-order chi connectivity index (χ0) is 70.4. The summed E-state index contributed by atoms with van der Waals surface area (Å²) in [4.78, 5) is 57.3. The predicted octanol–water partition coefficient (Wildman–Crippen LogP) is 14.0. The summed E-state index contributed by atoms with van der Waals surface area (Å²) >= 11 is 2.20. The van der Waals surface area contributed by atoms with Gasteiger partial charge in [-0.05, 0) is 153 Å². The van der Waals surface area contributed by atoms with Gasteiger partial charge in [0.2, 0.25) is 10.9 Å². The molecular weight excluding hydrogens is 1390 g/mol. The average molecular weight is 1460 g/mol. The van der Waals surface area contributed by atoms with Crippen LogP contribution in [0.2, 0.25) is 0 Å².